The first-order valence-corrected chi connectivity index (χ1v) is 5.99. The van der Waals surface area contributed by atoms with Gasteiger partial charge < -0.3 is 5.73 Å². The maximum atomic E-state index is 5.63. The molecule has 0 bridgehead atoms. The molecule has 1 aliphatic heterocycles. The van der Waals surface area contributed by atoms with Crippen LogP contribution in [0.3, 0.4) is 0 Å². The van der Waals surface area contributed by atoms with E-state index in [0.717, 1.165) is 12.2 Å². The van der Waals surface area contributed by atoms with Crippen LogP contribution in [0, 0.1) is 6.92 Å². The minimum Gasteiger partial charge on any atom is -0.326 e. The molecule has 0 amide bonds. The van der Waals surface area contributed by atoms with Crippen molar-refractivity contribution in [3.8, 4) is 0 Å². The maximum Gasteiger partial charge on any atom is 0.107 e. The molecule has 1 aromatic heterocycles. The van der Waals surface area contributed by atoms with E-state index in [1.54, 1.807) is 11.3 Å². The van der Waals surface area contributed by atoms with Crippen molar-refractivity contribution < 1.29 is 0 Å². The molecule has 0 radical (unpaired) electrons. The average Bonchev–Trinajstić information content (AvgIpc) is 2.76. The van der Waals surface area contributed by atoms with Gasteiger partial charge in [0, 0.05) is 11.4 Å². The zero-order chi connectivity index (χ0) is 9.97. The summed E-state index contributed by atoms with van der Waals surface area (Å²) in [6.07, 6.45) is 2.68. The highest BCUT2D eigenvalue weighted by molar-refractivity contribution is 7.11. The van der Waals surface area contributed by atoms with E-state index in [1.807, 2.05) is 6.92 Å². The topological polar surface area (TPSA) is 42.2 Å². The second-order valence-electron chi connectivity index (χ2n) is 3.80. The van der Waals surface area contributed by atoms with Crippen molar-refractivity contribution >= 4 is 11.3 Å². The van der Waals surface area contributed by atoms with Gasteiger partial charge in [0.05, 0.1) is 12.2 Å². The Kier molecular flexibility index (Phi) is 3.15. The van der Waals surface area contributed by atoms with Crippen molar-refractivity contribution in [2.75, 3.05) is 13.1 Å². The molecule has 1 fully saturated rings. The molecule has 0 aromatic carbocycles. The van der Waals surface area contributed by atoms with Gasteiger partial charge in [-0.05, 0) is 32.9 Å². The fourth-order valence-corrected chi connectivity index (χ4v) is 2.87. The molecule has 2 heterocycles. The number of hydrogen-bond acceptors (Lipinski definition) is 4. The Morgan fingerprint density at radius 3 is 2.71 bits per heavy atom. The summed E-state index contributed by atoms with van der Waals surface area (Å²) in [6, 6.07) is 0. The Balaban J connectivity index is 2.01. The summed E-state index contributed by atoms with van der Waals surface area (Å²) in [4.78, 5) is 8.25. The number of likely N-dealkylation sites (tertiary alicyclic amines) is 1. The Hall–Kier alpha value is -0.450. The molecular formula is C10H17N3S. The second kappa shape index (κ2) is 4.38. The third kappa shape index (κ3) is 2.13. The summed E-state index contributed by atoms with van der Waals surface area (Å²) in [5.74, 6) is 0. The molecule has 0 unspecified atom stereocenters. The zero-order valence-electron chi connectivity index (χ0n) is 8.62. The van der Waals surface area contributed by atoms with Crippen LogP contribution >= 0.6 is 11.3 Å². The molecule has 14 heavy (non-hydrogen) atoms. The summed E-state index contributed by atoms with van der Waals surface area (Å²) < 4.78 is 0. The SMILES string of the molecule is Cc1nc(CN2CCCC2)sc1CN. The summed E-state index contributed by atoms with van der Waals surface area (Å²) in [5.41, 5.74) is 6.75. The summed E-state index contributed by atoms with van der Waals surface area (Å²) in [6.45, 7) is 6.16. The van der Waals surface area contributed by atoms with Crippen LogP contribution < -0.4 is 5.73 Å². The average molecular weight is 211 g/mol. The first-order valence-electron chi connectivity index (χ1n) is 5.17. The standard InChI is InChI=1S/C10H17N3S/c1-8-9(6-11)14-10(12-8)7-13-4-2-3-5-13/h2-7,11H2,1H3. The van der Waals surface area contributed by atoms with Crippen LogP contribution in [0.1, 0.15) is 28.4 Å². The Bertz CT molecular complexity index is 302. The minimum absolute atomic E-state index is 0.628. The van der Waals surface area contributed by atoms with Crippen LogP contribution in [0.2, 0.25) is 0 Å². The predicted octanol–water partition coefficient (Wildman–Crippen LogP) is 1.51. The molecule has 2 N–H and O–H groups in total. The molecule has 0 spiro atoms. The molecular weight excluding hydrogens is 194 g/mol. The van der Waals surface area contributed by atoms with Crippen LogP contribution in [0.15, 0.2) is 0 Å². The Morgan fingerprint density at radius 1 is 1.43 bits per heavy atom. The van der Waals surface area contributed by atoms with Gasteiger partial charge >= 0.3 is 0 Å². The third-order valence-corrected chi connectivity index (χ3v) is 3.84. The quantitative estimate of drug-likeness (QED) is 0.824. The minimum atomic E-state index is 0.628. The highest BCUT2D eigenvalue weighted by Crippen LogP contribution is 2.20. The fraction of sp³-hybridized carbons (Fsp3) is 0.700. The van der Waals surface area contributed by atoms with E-state index >= 15 is 0 Å². The monoisotopic (exact) mass is 211 g/mol. The first-order chi connectivity index (χ1) is 6.79. The molecule has 78 valence electrons. The molecule has 0 saturated carbocycles. The molecule has 1 aliphatic rings. The van der Waals surface area contributed by atoms with Gasteiger partial charge in [-0.3, -0.25) is 4.90 Å². The molecule has 4 heteroatoms. The van der Waals surface area contributed by atoms with Crippen LogP contribution in [0.4, 0.5) is 0 Å². The van der Waals surface area contributed by atoms with Gasteiger partial charge in [0.25, 0.3) is 0 Å². The van der Waals surface area contributed by atoms with Gasteiger partial charge in [-0.15, -0.1) is 11.3 Å². The number of hydrogen-bond donors (Lipinski definition) is 1. The van der Waals surface area contributed by atoms with E-state index in [-0.39, 0.29) is 0 Å². The molecule has 1 aromatic rings. The van der Waals surface area contributed by atoms with Crippen molar-refractivity contribution in [2.24, 2.45) is 5.73 Å². The van der Waals surface area contributed by atoms with Crippen molar-refractivity contribution in [1.29, 1.82) is 0 Å². The van der Waals surface area contributed by atoms with Gasteiger partial charge in [0.2, 0.25) is 0 Å². The Morgan fingerprint density at radius 2 is 2.14 bits per heavy atom. The normalized spacial score (nSPS) is 17.9. The van der Waals surface area contributed by atoms with Gasteiger partial charge in [0.1, 0.15) is 5.01 Å². The van der Waals surface area contributed by atoms with Gasteiger partial charge in [-0.2, -0.15) is 0 Å². The number of nitrogens with two attached hydrogens (primary N) is 1. The number of nitrogens with zero attached hydrogens (tertiary/aromatic N) is 2. The second-order valence-corrected chi connectivity index (χ2v) is 4.97. The number of rotatable bonds is 3. The highest BCUT2D eigenvalue weighted by Gasteiger charge is 2.14. The summed E-state index contributed by atoms with van der Waals surface area (Å²) in [7, 11) is 0. The fourth-order valence-electron chi connectivity index (χ4n) is 1.88. The van der Waals surface area contributed by atoms with Crippen LogP contribution in [0.5, 0.6) is 0 Å². The lowest BCUT2D eigenvalue weighted by Gasteiger charge is -2.11. The molecule has 3 nitrogen and oxygen atoms in total. The van der Waals surface area contributed by atoms with Gasteiger partial charge in [-0.1, -0.05) is 0 Å². The van der Waals surface area contributed by atoms with Crippen molar-refractivity contribution in [3.05, 3.63) is 15.6 Å². The van der Waals surface area contributed by atoms with Crippen molar-refractivity contribution in [3.63, 3.8) is 0 Å². The molecule has 0 aliphatic carbocycles. The van der Waals surface area contributed by atoms with E-state index in [9.17, 15) is 0 Å². The van der Waals surface area contributed by atoms with Crippen LogP contribution in [-0.2, 0) is 13.1 Å². The van der Waals surface area contributed by atoms with E-state index in [0.29, 0.717) is 6.54 Å². The number of thiazole rings is 1. The number of aromatic nitrogens is 1. The smallest absolute Gasteiger partial charge is 0.107 e. The molecule has 1 saturated heterocycles. The highest BCUT2D eigenvalue weighted by atomic mass is 32.1. The van der Waals surface area contributed by atoms with Crippen LogP contribution in [0.25, 0.3) is 0 Å². The predicted molar refractivity (Wildman–Crippen MR) is 59.3 cm³/mol. The van der Waals surface area contributed by atoms with E-state index in [2.05, 4.69) is 9.88 Å². The largest absolute Gasteiger partial charge is 0.326 e. The lowest BCUT2D eigenvalue weighted by Crippen LogP contribution is -2.18. The Labute approximate surface area is 88.9 Å². The van der Waals surface area contributed by atoms with Crippen molar-refractivity contribution in [2.45, 2.75) is 32.9 Å². The molecule has 2 rings (SSSR count). The van der Waals surface area contributed by atoms with E-state index in [4.69, 9.17) is 5.73 Å². The molecule has 0 atom stereocenters. The lowest BCUT2D eigenvalue weighted by molar-refractivity contribution is 0.330. The van der Waals surface area contributed by atoms with E-state index < -0.39 is 0 Å². The van der Waals surface area contributed by atoms with Gasteiger partial charge in [0.15, 0.2) is 0 Å². The van der Waals surface area contributed by atoms with Gasteiger partial charge in [-0.25, -0.2) is 4.98 Å². The van der Waals surface area contributed by atoms with E-state index in [1.165, 1.54) is 35.8 Å². The zero-order valence-corrected chi connectivity index (χ0v) is 9.44. The lowest BCUT2D eigenvalue weighted by atomic mass is 10.4. The third-order valence-electron chi connectivity index (χ3n) is 2.68. The maximum absolute atomic E-state index is 5.63. The van der Waals surface area contributed by atoms with Crippen molar-refractivity contribution in [1.82, 2.24) is 9.88 Å². The summed E-state index contributed by atoms with van der Waals surface area (Å²) in [5, 5.41) is 1.23. The first kappa shape index (κ1) is 10.1. The van der Waals surface area contributed by atoms with Crippen LogP contribution in [-0.4, -0.2) is 23.0 Å². The number of aryl methyl sites for hydroxylation is 1. The summed E-state index contributed by atoms with van der Waals surface area (Å²) >= 11 is 1.77.